The van der Waals surface area contributed by atoms with Crippen LogP contribution >= 0.6 is 0 Å². The average Bonchev–Trinajstić information content (AvgIpc) is 2.71. The van der Waals surface area contributed by atoms with Crippen molar-refractivity contribution in [3.05, 3.63) is 95.6 Å². The van der Waals surface area contributed by atoms with Gasteiger partial charge < -0.3 is 14.3 Å². The van der Waals surface area contributed by atoms with Gasteiger partial charge in [0.1, 0.15) is 30.5 Å². The van der Waals surface area contributed by atoms with Gasteiger partial charge in [-0.1, -0.05) is 66.7 Å². The van der Waals surface area contributed by atoms with Gasteiger partial charge in [-0.15, -0.1) is 0 Å². The van der Waals surface area contributed by atoms with Gasteiger partial charge in [0.15, 0.2) is 0 Å². The lowest BCUT2D eigenvalue weighted by Crippen LogP contribution is -2.02. The molecule has 0 N–H and O–H groups in total. The number of carbonyl (C=O) groups is 1. The van der Waals surface area contributed by atoms with Crippen molar-refractivity contribution in [3.63, 3.8) is 0 Å². The molecule has 0 spiro atoms. The maximum atomic E-state index is 11.4. The summed E-state index contributed by atoms with van der Waals surface area (Å²) in [5.41, 5.74) is 3.24. The fraction of sp³-hybridized carbons (Fsp3) is 0.208. The smallest absolute Gasteiger partial charge is 0.130 e. The quantitative estimate of drug-likeness (QED) is 0.515. The standard InChI is InChI=1S/C24H24O3/c1-19(25)12-13-22-14-15-23(26-17-20-8-4-2-5-9-20)16-24(22)27-18-21-10-6-3-7-11-21/h2-11,14-16H,12-13,17-18H2,1H3. The molecule has 0 atom stereocenters. The first-order valence-corrected chi connectivity index (χ1v) is 9.16. The molecule has 3 aromatic carbocycles. The Morgan fingerprint density at radius 2 is 1.37 bits per heavy atom. The van der Waals surface area contributed by atoms with Gasteiger partial charge >= 0.3 is 0 Å². The maximum absolute atomic E-state index is 11.4. The Hall–Kier alpha value is -3.07. The van der Waals surface area contributed by atoms with Crippen LogP contribution in [0, 0.1) is 0 Å². The van der Waals surface area contributed by atoms with Gasteiger partial charge in [-0.25, -0.2) is 0 Å². The van der Waals surface area contributed by atoms with E-state index in [4.69, 9.17) is 9.47 Å². The third-order valence-electron chi connectivity index (χ3n) is 4.27. The summed E-state index contributed by atoms with van der Waals surface area (Å²) in [5, 5.41) is 0. The molecular weight excluding hydrogens is 336 g/mol. The van der Waals surface area contributed by atoms with Crippen LogP contribution in [0.5, 0.6) is 11.5 Å². The number of aryl methyl sites for hydroxylation is 1. The number of hydrogen-bond donors (Lipinski definition) is 0. The van der Waals surface area contributed by atoms with Crippen molar-refractivity contribution in [1.29, 1.82) is 0 Å². The number of rotatable bonds is 9. The second-order valence-corrected chi connectivity index (χ2v) is 6.52. The Kier molecular flexibility index (Phi) is 6.64. The molecular formula is C24H24O3. The van der Waals surface area contributed by atoms with Gasteiger partial charge in [-0.3, -0.25) is 0 Å². The largest absolute Gasteiger partial charge is 0.489 e. The van der Waals surface area contributed by atoms with Gasteiger partial charge in [0.05, 0.1) is 0 Å². The van der Waals surface area contributed by atoms with Gasteiger partial charge in [-0.2, -0.15) is 0 Å². The lowest BCUT2D eigenvalue weighted by atomic mass is 10.1. The number of benzene rings is 3. The van der Waals surface area contributed by atoms with Crippen molar-refractivity contribution in [2.75, 3.05) is 0 Å². The number of carbonyl (C=O) groups excluding carboxylic acids is 1. The molecule has 3 heteroatoms. The molecule has 0 saturated carbocycles. The Morgan fingerprint density at radius 3 is 1.96 bits per heavy atom. The van der Waals surface area contributed by atoms with E-state index < -0.39 is 0 Å². The van der Waals surface area contributed by atoms with Crippen LogP contribution in [-0.2, 0) is 24.4 Å². The first kappa shape index (κ1) is 18.7. The van der Waals surface area contributed by atoms with Gasteiger partial charge in [-0.05, 0) is 36.1 Å². The van der Waals surface area contributed by atoms with E-state index in [1.165, 1.54) is 0 Å². The lowest BCUT2D eigenvalue weighted by Gasteiger charge is -2.14. The molecule has 0 amide bonds. The van der Waals surface area contributed by atoms with Crippen LogP contribution in [0.25, 0.3) is 0 Å². The van der Waals surface area contributed by atoms with E-state index in [0.717, 1.165) is 28.2 Å². The normalized spacial score (nSPS) is 10.4. The zero-order chi connectivity index (χ0) is 18.9. The minimum absolute atomic E-state index is 0.174. The minimum Gasteiger partial charge on any atom is -0.489 e. The highest BCUT2D eigenvalue weighted by Gasteiger charge is 2.08. The van der Waals surface area contributed by atoms with Gasteiger partial charge in [0.2, 0.25) is 0 Å². The number of Topliss-reactive ketones (excluding diaryl/α,β-unsaturated/α-hetero) is 1. The molecule has 0 unspecified atom stereocenters. The molecule has 138 valence electrons. The predicted molar refractivity (Wildman–Crippen MR) is 107 cm³/mol. The maximum Gasteiger partial charge on any atom is 0.130 e. The van der Waals surface area contributed by atoms with Crippen LogP contribution < -0.4 is 9.47 Å². The van der Waals surface area contributed by atoms with Crippen LogP contribution in [0.15, 0.2) is 78.9 Å². The van der Waals surface area contributed by atoms with Gasteiger partial charge in [0.25, 0.3) is 0 Å². The molecule has 27 heavy (non-hydrogen) atoms. The van der Waals surface area contributed by atoms with Crippen LogP contribution in [0.3, 0.4) is 0 Å². The zero-order valence-electron chi connectivity index (χ0n) is 15.6. The molecule has 0 saturated heterocycles. The summed E-state index contributed by atoms with van der Waals surface area (Å²) in [5.74, 6) is 1.70. The Morgan fingerprint density at radius 1 is 0.778 bits per heavy atom. The third-order valence-corrected chi connectivity index (χ3v) is 4.27. The van der Waals surface area contributed by atoms with Crippen LogP contribution in [0.1, 0.15) is 30.0 Å². The van der Waals surface area contributed by atoms with E-state index in [9.17, 15) is 4.79 Å². The summed E-state index contributed by atoms with van der Waals surface area (Å²) in [6.45, 7) is 2.60. The average molecular weight is 360 g/mol. The van der Waals surface area contributed by atoms with E-state index in [2.05, 4.69) is 0 Å². The van der Waals surface area contributed by atoms with E-state index in [1.807, 2.05) is 78.9 Å². The molecule has 0 aliphatic carbocycles. The lowest BCUT2D eigenvalue weighted by molar-refractivity contribution is -0.116. The van der Waals surface area contributed by atoms with E-state index in [1.54, 1.807) is 6.92 Å². The highest BCUT2D eigenvalue weighted by molar-refractivity contribution is 5.75. The summed E-state index contributed by atoms with van der Waals surface area (Å²) < 4.78 is 12.0. The Balaban J connectivity index is 1.72. The molecule has 0 fully saturated rings. The fourth-order valence-electron chi connectivity index (χ4n) is 2.75. The summed E-state index contributed by atoms with van der Waals surface area (Å²) in [6.07, 6.45) is 1.17. The number of ketones is 1. The minimum atomic E-state index is 0.174. The van der Waals surface area contributed by atoms with E-state index in [0.29, 0.717) is 26.1 Å². The number of hydrogen-bond acceptors (Lipinski definition) is 3. The summed E-state index contributed by atoms with van der Waals surface area (Å²) >= 11 is 0. The second-order valence-electron chi connectivity index (χ2n) is 6.52. The fourth-order valence-corrected chi connectivity index (χ4v) is 2.75. The van der Waals surface area contributed by atoms with Crippen LogP contribution in [0.2, 0.25) is 0 Å². The van der Waals surface area contributed by atoms with Crippen LogP contribution in [0.4, 0.5) is 0 Å². The highest BCUT2D eigenvalue weighted by Crippen LogP contribution is 2.27. The molecule has 3 aromatic rings. The predicted octanol–water partition coefficient (Wildman–Crippen LogP) is 5.37. The third kappa shape index (κ3) is 6.00. The topological polar surface area (TPSA) is 35.5 Å². The number of ether oxygens (including phenoxy) is 2. The molecule has 0 aliphatic heterocycles. The summed E-state index contributed by atoms with van der Waals surface area (Å²) in [4.78, 5) is 11.4. The molecule has 0 radical (unpaired) electrons. The van der Waals surface area contributed by atoms with Gasteiger partial charge in [0, 0.05) is 12.5 Å². The van der Waals surface area contributed by atoms with Crippen molar-refractivity contribution in [1.82, 2.24) is 0 Å². The first-order chi connectivity index (χ1) is 13.2. The molecule has 3 rings (SSSR count). The van der Waals surface area contributed by atoms with Crippen molar-refractivity contribution in [2.45, 2.75) is 33.0 Å². The molecule has 3 nitrogen and oxygen atoms in total. The van der Waals surface area contributed by atoms with Crippen molar-refractivity contribution >= 4 is 5.78 Å². The summed E-state index contributed by atoms with van der Waals surface area (Å²) in [6, 6.07) is 25.9. The molecule has 0 heterocycles. The Bertz CT molecular complexity index is 857. The first-order valence-electron chi connectivity index (χ1n) is 9.16. The SMILES string of the molecule is CC(=O)CCc1ccc(OCc2ccccc2)cc1OCc1ccccc1. The molecule has 0 bridgehead atoms. The Labute approximate surface area is 160 Å². The monoisotopic (exact) mass is 360 g/mol. The van der Waals surface area contributed by atoms with Crippen molar-refractivity contribution in [3.8, 4) is 11.5 Å². The van der Waals surface area contributed by atoms with Crippen molar-refractivity contribution < 1.29 is 14.3 Å². The van der Waals surface area contributed by atoms with E-state index in [-0.39, 0.29) is 5.78 Å². The van der Waals surface area contributed by atoms with E-state index >= 15 is 0 Å². The summed E-state index contributed by atoms with van der Waals surface area (Å²) in [7, 11) is 0. The molecule has 0 aliphatic rings. The van der Waals surface area contributed by atoms with Crippen LogP contribution in [-0.4, -0.2) is 5.78 Å². The van der Waals surface area contributed by atoms with Crippen molar-refractivity contribution in [2.24, 2.45) is 0 Å². The highest BCUT2D eigenvalue weighted by atomic mass is 16.5. The second kappa shape index (κ2) is 9.58. The molecule has 0 aromatic heterocycles. The zero-order valence-corrected chi connectivity index (χ0v) is 15.6.